The van der Waals surface area contributed by atoms with Crippen molar-refractivity contribution in [2.75, 3.05) is 24.7 Å². The topological polar surface area (TPSA) is 107 Å². The quantitative estimate of drug-likeness (QED) is 0.427. The first-order valence-corrected chi connectivity index (χ1v) is 10.9. The standard InChI is InChI=1S/C24H24N2O7/c1-3-30-23(29)19-16(15-5-4-10-31-15)17-20(27)18(24-32-11-12-33-24)22(28)26(21(17)25-19)14-8-6-13(2)7-9-14/h4-10,16-17,19,21,25H,3,11-12H2,1-2H3/t16-,17+,19?,21-/m1/s1. The summed E-state index contributed by atoms with van der Waals surface area (Å²) in [6, 6.07) is 9.90. The van der Waals surface area contributed by atoms with Gasteiger partial charge in [0.1, 0.15) is 25.0 Å². The molecule has 1 aromatic carbocycles. The Balaban J connectivity index is 1.67. The Labute approximate surface area is 190 Å². The van der Waals surface area contributed by atoms with E-state index in [1.807, 2.05) is 19.1 Å². The van der Waals surface area contributed by atoms with E-state index < -0.39 is 41.7 Å². The van der Waals surface area contributed by atoms with E-state index in [4.69, 9.17) is 18.6 Å². The van der Waals surface area contributed by atoms with Crippen LogP contribution in [0.15, 0.2) is 58.6 Å². The number of nitrogens with one attached hydrogen (secondary N) is 1. The van der Waals surface area contributed by atoms with Gasteiger partial charge in [-0.05, 0) is 38.1 Å². The number of anilines is 1. The third-order valence-electron chi connectivity index (χ3n) is 6.17. The average molecular weight is 452 g/mol. The number of rotatable bonds is 4. The third kappa shape index (κ3) is 3.48. The van der Waals surface area contributed by atoms with Crippen LogP contribution in [0.5, 0.6) is 0 Å². The van der Waals surface area contributed by atoms with Gasteiger partial charge in [-0.15, -0.1) is 0 Å². The van der Waals surface area contributed by atoms with Crippen LogP contribution in [0.3, 0.4) is 0 Å². The fraction of sp³-hybridized carbons (Fsp3) is 0.375. The van der Waals surface area contributed by atoms with Gasteiger partial charge >= 0.3 is 5.97 Å². The average Bonchev–Trinajstić information content (AvgIpc) is 3.56. The highest BCUT2D eigenvalue weighted by molar-refractivity contribution is 6.28. The van der Waals surface area contributed by atoms with Crippen LogP contribution in [0.25, 0.3) is 0 Å². The van der Waals surface area contributed by atoms with E-state index in [1.165, 1.54) is 11.2 Å². The molecule has 0 radical (unpaired) electrons. The lowest BCUT2D eigenvalue weighted by Gasteiger charge is -2.38. The molecule has 3 fully saturated rings. The number of ketones is 1. The Bertz CT molecular complexity index is 1100. The van der Waals surface area contributed by atoms with E-state index in [-0.39, 0.29) is 31.3 Å². The number of fused-ring (bicyclic) bond motifs is 1. The van der Waals surface area contributed by atoms with Crippen LogP contribution in [0.1, 0.15) is 24.2 Å². The summed E-state index contributed by atoms with van der Waals surface area (Å²) in [5.74, 6) is -2.63. The molecule has 4 atom stereocenters. The lowest BCUT2D eigenvalue weighted by atomic mass is 9.78. The molecule has 1 aromatic heterocycles. The van der Waals surface area contributed by atoms with E-state index in [2.05, 4.69) is 5.32 Å². The van der Waals surface area contributed by atoms with Gasteiger partial charge in [-0.25, -0.2) is 0 Å². The molecular weight excluding hydrogens is 428 g/mol. The maximum Gasteiger partial charge on any atom is 0.323 e. The summed E-state index contributed by atoms with van der Waals surface area (Å²) in [6.45, 7) is 4.35. The Morgan fingerprint density at radius 2 is 1.85 bits per heavy atom. The molecular formula is C24H24N2O7. The highest BCUT2D eigenvalue weighted by atomic mass is 16.7. The molecule has 5 rings (SSSR count). The largest absolute Gasteiger partial charge is 0.469 e. The predicted molar refractivity (Wildman–Crippen MR) is 115 cm³/mol. The fourth-order valence-corrected chi connectivity index (χ4v) is 4.75. The lowest BCUT2D eigenvalue weighted by molar-refractivity contribution is -0.145. The number of piperidine rings is 1. The van der Waals surface area contributed by atoms with Crippen molar-refractivity contribution in [1.82, 2.24) is 5.32 Å². The van der Waals surface area contributed by atoms with Crippen molar-refractivity contribution in [3.63, 3.8) is 0 Å². The number of ether oxygens (including phenoxy) is 3. The van der Waals surface area contributed by atoms with E-state index in [1.54, 1.807) is 31.2 Å². The number of esters is 1. The van der Waals surface area contributed by atoms with Gasteiger partial charge in [0.2, 0.25) is 0 Å². The molecule has 0 bridgehead atoms. The van der Waals surface area contributed by atoms with Crippen molar-refractivity contribution in [3.8, 4) is 0 Å². The first-order chi connectivity index (χ1) is 16.0. The molecule has 3 aliphatic rings. The smallest absolute Gasteiger partial charge is 0.323 e. The van der Waals surface area contributed by atoms with Gasteiger partial charge < -0.3 is 18.6 Å². The molecule has 2 aromatic rings. The van der Waals surface area contributed by atoms with Gasteiger partial charge in [-0.2, -0.15) is 0 Å². The van der Waals surface area contributed by atoms with Crippen molar-refractivity contribution in [3.05, 3.63) is 65.5 Å². The molecule has 1 N–H and O–H groups in total. The van der Waals surface area contributed by atoms with Gasteiger partial charge in [0, 0.05) is 5.69 Å². The van der Waals surface area contributed by atoms with Gasteiger partial charge in [-0.3, -0.25) is 24.6 Å². The van der Waals surface area contributed by atoms with Gasteiger partial charge in [0.05, 0.1) is 30.9 Å². The van der Waals surface area contributed by atoms with E-state index in [0.717, 1.165) is 5.56 Å². The molecule has 0 aliphatic carbocycles. The predicted octanol–water partition coefficient (Wildman–Crippen LogP) is 2.02. The zero-order valence-corrected chi connectivity index (χ0v) is 18.3. The normalized spacial score (nSPS) is 26.8. The van der Waals surface area contributed by atoms with E-state index >= 15 is 0 Å². The SMILES string of the molecule is CCOC(=O)C1N[C@H]2[C@H](C(=O)C(=C3OCCO3)C(=O)N2c2ccc(C)cc2)[C@H]1c1ccco1. The number of Topliss-reactive ketones (excluding diaryl/α,β-unsaturated/α-hetero) is 1. The van der Waals surface area contributed by atoms with Crippen molar-refractivity contribution >= 4 is 23.3 Å². The number of carbonyl (C=O) groups excluding carboxylic acids is 3. The summed E-state index contributed by atoms with van der Waals surface area (Å²) >= 11 is 0. The summed E-state index contributed by atoms with van der Waals surface area (Å²) in [7, 11) is 0. The molecule has 0 spiro atoms. The molecule has 1 amide bonds. The number of nitrogens with zero attached hydrogens (tertiary/aromatic N) is 1. The summed E-state index contributed by atoms with van der Waals surface area (Å²) in [4.78, 5) is 41.8. The number of amides is 1. The third-order valence-corrected chi connectivity index (χ3v) is 6.17. The fourth-order valence-electron chi connectivity index (χ4n) is 4.75. The first kappa shape index (κ1) is 21.3. The molecule has 3 aliphatic heterocycles. The molecule has 9 heteroatoms. The van der Waals surface area contributed by atoms with Crippen LogP contribution in [-0.4, -0.2) is 49.7 Å². The zero-order chi connectivity index (χ0) is 23.1. The van der Waals surface area contributed by atoms with Crippen LogP contribution in [-0.2, 0) is 28.6 Å². The molecule has 33 heavy (non-hydrogen) atoms. The van der Waals surface area contributed by atoms with Gasteiger partial charge in [-0.1, -0.05) is 17.7 Å². The van der Waals surface area contributed by atoms with Crippen LogP contribution < -0.4 is 10.2 Å². The molecule has 4 heterocycles. The van der Waals surface area contributed by atoms with Crippen molar-refractivity contribution in [1.29, 1.82) is 0 Å². The maximum absolute atomic E-state index is 13.8. The van der Waals surface area contributed by atoms with Gasteiger partial charge in [0.25, 0.3) is 11.9 Å². The monoisotopic (exact) mass is 452 g/mol. The van der Waals surface area contributed by atoms with E-state index in [0.29, 0.717) is 11.4 Å². The van der Waals surface area contributed by atoms with Crippen molar-refractivity contribution in [2.24, 2.45) is 5.92 Å². The summed E-state index contributed by atoms with van der Waals surface area (Å²) in [5, 5.41) is 3.20. The second-order valence-corrected chi connectivity index (χ2v) is 8.14. The Morgan fingerprint density at radius 3 is 2.48 bits per heavy atom. The summed E-state index contributed by atoms with van der Waals surface area (Å²) in [5.41, 5.74) is 1.45. The number of hydrogen-bond donors (Lipinski definition) is 1. The van der Waals surface area contributed by atoms with Crippen LogP contribution in [0, 0.1) is 12.8 Å². The lowest BCUT2D eigenvalue weighted by Crippen LogP contribution is -2.58. The van der Waals surface area contributed by atoms with Crippen molar-refractivity contribution in [2.45, 2.75) is 32.0 Å². The number of aryl methyl sites for hydroxylation is 1. The maximum atomic E-state index is 13.8. The highest BCUT2D eigenvalue weighted by Crippen LogP contribution is 2.45. The summed E-state index contributed by atoms with van der Waals surface area (Å²) < 4.78 is 21.9. The molecule has 9 nitrogen and oxygen atoms in total. The Morgan fingerprint density at radius 1 is 1.12 bits per heavy atom. The van der Waals surface area contributed by atoms with Gasteiger partial charge in [0.15, 0.2) is 11.4 Å². The minimum Gasteiger partial charge on any atom is -0.469 e. The Hall–Kier alpha value is -3.59. The number of hydrogen-bond acceptors (Lipinski definition) is 8. The second-order valence-electron chi connectivity index (χ2n) is 8.14. The van der Waals surface area contributed by atoms with Crippen LogP contribution >= 0.6 is 0 Å². The minimum atomic E-state index is -0.884. The zero-order valence-electron chi connectivity index (χ0n) is 18.3. The number of benzene rings is 1. The summed E-state index contributed by atoms with van der Waals surface area (Å²) in [6.07, 6.45) is 0.701. The van der Waals surface area contributed by atoms with Crippen molar-refractivity contribution < 1.29 is 33.0 Å². The highest BCUT2D eigenvalue weighted by Gasteiger charge is 2.60. The molecule has 3 saturated heterocycles. The van der Waals surface area contributed by atoms with Crippen LogP contribution in [0.4, 0.5) is 5.69 Å². The Kier molecular flexibility index (Phi) is 5.41. The molecule has 1 unspecified atom stereocenters. The van der Waals surface area contributed by atoms with Crippen LogP contribution in [0.2, 0.25) is 0 Å². The minimum absolute atomic E-state index is 0.0710. The van der Waals surface area contributed by atoms with E-state index in [9.17, 15) is 14.4 Å². The second kappa shape index (κ2) is 8.40. The molecule has 0 saturated carbocycles. The number of furan rings is 1. The first-order valence-electron chi connectivity index (χ1n) is 10.9. The number of carbonyl (C=O) groups is 3. The molecule has 172 valence electrons.